The van der Waals surface area contributed by atoms with Crippen molar-refractivity contribution in [3.63, 3.8) is 0 Å². The Morgan fingerprint density at radius 1 is 1.27 bits per heavy atom. The van der Waals surface area contributed by atoms with E-state index < -0.39 is 11.7 Å². The number of nitrogens with one attached hydrogen (secondary N) is 2. The monoisotopic (exact) mass is 508 g/mol. The summed E-state index contributed by atoms with van der Waals surface area (Å²) >= 11 is 0. The standard InChI is InChI=1S/C30H41FN4O2/c1-20(2)26-23-12-11-22(31)19-21(23)13-14-30(26,37-28(36)32-5)16-18-35(6)17-15-29(3,4)27-33-24-9-7-8-10-25(24)34-27/h7-12,19-20,26H,13-18H2,1-6H3,(H,32,36)(H,33,34). The summed E-state index contributed by atoms with van der Waals surface area (Å²) in [5.41, 5.74) is 3.41. The number of aromatic nitrogens is 2. The molecule has 0 aliphatic heterocycles. The second-order valence-corrected chi connectivity index (χ2v) is 11.6. The number of H-pyrrole nitrogens is 1. The maximum absolute atomic E-state index is 14.0. The van der Waals surface area contributed by atoms with Crippen molar-refractivity contribution in [2.75, 3.05) is 27.2 Å². The number of benzene rings is 2. The first-order valence-corrected chi connectivity index (χ1v) is 13.4. The number of aromatic amines is 1. The summed E-state index contributed by atoms with van der Waals surface area (Å²) in [6.07, 6.45) is 2.60. The number of carbonyl (C=O) groups excluding carboxylic acids is 1. The summed E-state index contributed by atoms with van der Waals surface area (Å²) in [6.45, 7) is 10.4. The van der Waals surface area contributed by atoms with Gasteiger partial charge < -0.3 is 19.9 Å². The highest BCUT2D eigenvalue weighted by atomic mass is 19.1. The number of rotatable bonds is 9. The Hall–Kier alpha value is -2.93. The van der Waals surface area contributed by atoms with Gasteiger partial charge in [-0.25, -0.2) is 14.2 Å². The molecule has 2 aromatic carbocycles. The van der Waals surface area contributed by atoms with Crippen molar-refractivity contribution in [1.82, 2.24) is 20.2 Å². The van der Waals surface area contributed by atoms with Crippen molar-refractivity contribution in [1.29, 1.82) is 0 Å². The molecule has 2 atom stereocenters. The van der Waals surface area contributed by atoms with Crippen LogP contribution in [0.25, 0.3) is 11.0 Å². The molecule has 1 heterocycles. The summed E-state index contributed by atoms with van der Waals surface area (Å²) in [5, 5.41) is 2.65. The van der Waals surface area contributed by atoms with Crippen LogP contribution in [0.1, 0.15) is 69.8 Å². The molecule has 1 amide bonds. The number of hydrogen-bond donors (Lipinski definition) is 2. The third kappa shape index (κ3) is 5.82. The van der Waals surface area contributed by atoms with Gasteiger partial charge in [0.15, 0.2) is 0 Å². The fraction of sp³-hybridized carbons (Fsp3) is 0.533. The number of para-hydroxylation sites is 2. The number of carbonyl (C=O) groups is 1. The zero-order chi connectivity index (χ0) is 26.8. The summed E-state index contributed by atoms with van der Waals surface area (Å²) in [5.74, 6) is 1.01. The van der Waals surface area contributed by atoms with Gasteiger partial charge in [0.25, 0.3) is 0 Å². The molecule has 1 aliphatic rings. The highest BCUT2D eigenvalue weighted by Gasteiger charge is 2.47. The number of imidazole rings is 1. The van der Waals surface area contributed by atoms with E-state index in [1.54, 1.807) is 13.1 Å². The zero-order valence-electron chi connectivity index (χ0n) is 23.0. The van der Waals surface area contributed by atoms with E-state index in [-0.39, 0.29) is 23.1 Å². The van der Waals surface area contributed by atoms with Crippen LogP contribution in [-0.4, -0.2) is 53.7 Å². The predicted octanol–water partition coefficient (Wildman–Crippen LogP) is 6.17. The first-order valence-electron chi connectivity index (χ1n) is 13.4. The van der Waals surface area contributed by atoms with Gasteiger partial charge in [-0.05, 0) is 74.2 Å². The number of nitrogens with zero attached hydrogens (tertiary/aromatic N) is 2. The molecule has 0 spiro atoms. The van der Waals surface area contributed by atoms with Crippen molar-refractivity contribution in [3.05, 3.63) is 65.2 Å². The van der Waals surface area contributed by atoms with E-state index in [1.807, 2.05) is 24.3 Å². The molecule has 0 bridgehead atoms. The fourth-order valence-corrected chi connectivity index (χ4v) is 5.88. The summed E-state index contributed by atoms with van der Waals surface area (Å²) in [6, 6.07) is 13.2. The first-order chi connectivity index (χ1) is 17.5. The maximum atomic E-state index is 14.0. The average molecular weight is 509 g/mol. The summed E-state index contributed by atoms with van der Waals surface area (Å²) < 4.78 is 20.2. The van der Waals surface area contributed by atoms with Crippen molar-refractivity contribution >= 4 is 17.1 Å². The molecular weight excluding hydrogens is 467 g/mol. The van der Waals surface area contributed by atoms with E-state index in [0.29, 0.717) is 19.3 Å². The Balaban J connectivity index is 1.49. The number of alkyl carbamates (subject to hydrolysis) is 1. The molecule has 1 aliphatic carbocycles. The van der Waals surface area contributed by atoms with Gasteiger partial charge in [-0.15, -0.1) is 0 Å². The minimum Gasteiger partial charge on any atom is -0.442 e. The Morgan fingerprint density at radius 2 is 2.03 bits per heavy atom. The largest absolute Gasteiger partial charge is 0.442 e. The Bertz CT molecular complexity index is 1200. The maximum Gasteiger partial charge on any atom is 0.407 e. The van der Waals surface area contributed by atoms with Gasteiger partial charge in [0.05, 0.1) is 11.0 Å². The van der Waals surface area contributed by atoms with E-state index in [1.165, 1.54) is 6.07 Å². The lowest BCUT2D eigenvalue weighted by atomic mass is 9.65. The highest BCUT2D eigenvalue weighted by molar-refractivity contribution is 5.75. The average Bonchev–Trinajstić information content (AvgIpc) is 3.31. The van der Waals surface area contributed by atoms with Crippen molar-refractivity contribution in [3.8, 4) is 0 Å². The number of aryl methyl sites for hydroxylation is 1. The molecule has 1 aromatic heterocycles. The number of halogens is 1. The third-order valence-electron chi connectivity index (χ3n) is 8.06. The SMILES string of the molecule is CNC(=O)OC1(CCN(C)CCC(C)(C)c2nc3ccccc3[nH]2)CCc2cc(F)ccc2C1C(C)C. The molecular formula is C30H41FN4O2. The van der Waals surface area contributed by atoms with Gasteiger partial charge in [0, 0.05) is 31.3 Å². The second-order valence-electron chi connectivity index (χ2n) is 11.6. The van der Waals surface area contributed by atoms with E-state index in [9.17, 15) is 9.18 Å². The van der Waals surface area contributed by atoms with Crippen LogP contribution < -0.4 is 5.32 Å². The molecule has 6 nitrogen and oxygen atoms in total. The van der Waals surface area contributed by atoms with Crippen molar-refractivity contribution in [2.45, 2.75) is 70.3 Å². The van der Waals surface area contributed by atoms with Crippen molar-refractivity contribution in [2.24, 2.45) is 5.92 Å². The van der Waals surface area contributed by atoms with E-state index in [0.717, 1.165) is 47.5 Å². The van der Waals surface area contributed by atoms with Crippen LogP contribution in [-0.2, 0) is 16.6 Å². The normalized spacial score (nSPS) is 19.9. The molecule has 0 saturated heterocycles. The fourth-order valence-electron chi connectivity index (χ4n) is 5.88. The van der Waals surface area contributed by atoms with Crippen LogP contribution >= 0.6 is 0 Å². The van der Waals surface area contributed by atoms with Crippen LogP contribution in [0.4, 0.5) is 9.18 Å². The molecule has 4 rings (SSSR count). The van der Waals surface area contributed by atoms with E-state index >= 15 is 0 Å². The van der Waals surface area contributed by atoms with Crippen LogP contribution in [0.3, 0.4) is 0 Å². The quantitative estimate of drug-likeness (QED) is 0.363. The minimum absolute atomic E-state index is 0.00506. The van der Waals surface area contributed by atoms with Crippen LogP contribution in [0.15, 0.2) is 42.5 Å². The molecule has 3 aromatic rings. The van der Waals surface area contributed by atoms with Gasteiger partial charge in [-0.2, -0.15) is 0 Å². The third-order valence-corrected chi connectivity index (χ3v) is 8.06. The zero-order valence-corrected chi connectivity index (χ0v) is 23.0. The van der Waals surface area contributed by atoms with Gasteiger partial charge in [-0.3, -0.25) is 0 Å². The number of amides is 1. The molecule has 0 radical (unpaired) electrons. The Morgan fingerprint density at radius 3 is 2.73 bits per heavy atom. The van der Waals surface area contributed by atoms with Gasteiger partial charge in [0.1, 0.15) is 17.2 Å². The minimum atomic E-state index is -0.651. The van der Waals surface area contributed by atoms with Gasteiger partial charge in [0.2, 0.25) is 0 Å². The lowest BCUT2D eigenvalue weighted by Gasteiger charge is -2.47. The molecule has 200 valence electrons. The van der Waals surface area contributed by atoms with Crippen molar-refractivity contribution < 1.29 is 13.9 Å². The second kappa shape index (κ2) is 10.8. The van der Waals surface area contributed by atoms with Gasteiger partial charge in [-0.1, -0.05) is 45.9 Å². The first kappa shape index (κ1) is 27.1. The van der Waals surface area contributed by atoms with Crippen LogP contribution in [0, 0.1) is 11.7 Å². The smallest absolute Gasteiger partial charge is 0.407 e. The molecule has 2 N–H and O–H groups in total. The Kier molecular flexibility index (Phi) is 7.93. The molecule has 2 unspecified atom stereocenters. The topological polar surface area (TPSA) is 70.2 Å². The summed E-state index contributed by atoms with van der Waals surface area (Å²) in [4.78, 5) is 23.2. The van der Waals surface area contributed by atoms with Crippen LogP contribution in [0.5, 0.6) is 0 Å². The molecule has 7 heteroatoms. The lowest BCUT2D eigenvalue weighted by molar-refractivity contribution is -0.0437. The van der Waals surface area contributed by atoms with Gasteiger partial charge >= 0.3 is 6.09 Å². The number of fused-ring (bicyclic) bond motifs is 2. The number of ether oxygens (including phenoxy) is 1. The van der Waals surface area contributed by atoms with Crippen LogP contribution in [0.2, 0.25) is 0 Å². The number of hydrogen-bond acceptors (Lipinski definition) is 4. The lowest BCUT2D eigenvalue weighted by Crippen LogP contribution is -2.49. The molecule has 0 saturated carbocycles. The Labute approximate surface area is 220 Å². The predicted molar refractivity (Wildman–Crippen MR) is 146 cm³/mol. The van der Waals surface area contributed by atoms with E-state index in [4.69, 9.17) is 9.72 Å². The van der Waals surface area contributed by atoms with E-state index in [2.05, 4.69) is 56.0 Å². The summed E-state index contributed by atoms with van der Waals surface area (Å²) in [7, 11) is 3.72. The molecule has 37 heavy (non-hydrogen) atoms. The highest BCUT2D eigenvalue weighted by Crippen LogP contribution is 2.48. The molecule has 0 fully saturated rings.